The second kappa shape index (κ2) is 4.05. The molecule has 1 aromatic carbocycles. The van der Waals surface area contributed by atoms with Crippen molar-refractivity contribution in [3.05, 3.63) is 36.7 Å². The quantitative estimate of drug-likeness (QED) is 0.735. The molecule has 15 heavy (non-hydrogen) atoms. The molecule has 0 atom stereocenters. The van der Waals surface area contributed by atoms with Crippen molar-refractivity contribution in [2.75, 3.05) is 5.32 Å². The molecule has 1 heterocycles. The Morgan fingerprint density at radius 1 is 1.33 bits per heavy atom. The molecule has 2 rings (SSSR count). The van der Waals surface area contributed by atoms with E-state index in [1.54, 1.807) is 12.4 Å². The molecule has 2 aromatic rings. The van der Waals surface area contributed by atoms with E-state index in [1.165, 1.54) is 4.80 Å². The summed E-state index contributed by atoms with van der Waals surface area (Å²) in [5, 5.41) is 11.1. The van der Waals surface area contributed by atoms with Gasteiger partial charge >= 0.3 is 0 Å². The number of nitrogens with one attached hydrogen (secondary N) is 1. The van der Waals surface area contributed by atoms with Crippen LogP contribution in [0.1, 0.15) is 0 Å². The van der Waals surface area contributed by atoms with Crippen LogP contribution in [0.5, 0.6) is 0 Å². The molecule has 0 bridgehead atoms. The topological polar surface area (TPSA) is 68.8 Å². The van der Waals surface area contributed by atoms with Gasteiger partial charge in [0, 0.05) is 5.69 Å². The summed E-state index contributed by atoms with van der Waals surface area (Å²) in [7, 11) is 0. The lowest BCUT2D eigenvalue weighted by Crippen LogP contribution is -2.18. The summed E-state index contributed by atoms with van der Waals surface area (Å²) in [6, 6.07) is 7.50. The van der Waals surface area contributed by atoms with Crippen molar-refractivity contribution in [3.8, 4) is 5.69 Å². The van der Waals surface area contributed by atoms with Crippen LogP contribution in [0, 0.1) is 0 Å². The molecule has 0 fully saturated rings. The maximum Gasteiger partial charge on any atom is 0.168 e. The Balaban J connectivity index is 2.31. The molecular weight excluding hydrogens is 210 g/mol. The van der Waals surface area contributed by atoms with Gasteiger partial charge < -0.3 is 11.1 Å². The van der Waals surface area contributed by atoms with Crippen LogP contribution in [0.25, 0.3) is 5.69 Å². The number of benzene rings is 1. The van der Waals surface area contributed by atoms with Gasteiger partial charge in [-0.05, 0) is 30.4 Å². The molecule has 0 spiro atoms. The van der Waals surface area contributed by atoms with Crippen molar-refractivity contribution >= 4 is 23.0 Å². The van der Waals surface area contributed by atoms with Crippen LogP contribution in [-0.4, -0.2) is 20.1 Å². The van der Waals surface area contributed by atoms with E-state index in [9.17, 15) is 0 Å². The Kier molecular flexibility index (Phi) is 2.59. The number of aromatic nitrogens is 3. The van der Waals surface area contributed by atoms with Crippen LogP contribution in [0.15, 0.2) is 36.7 Å². The summed E-state index contributed by atoms with van der Waals surface area (Å²) in [5.41, 5.74) is 7.04. The molecule has 0 amide bonds. The molecule has 0 unspecified atom stereocenters. The van der Waals surface area contributed by atoms with E-state index in [0.717, 1.165) is 11.4 Å². The first-order valence-electron chi connectivity index (χ1n) is 4.29. The highest BCUT2D eigenvalue weighted by Crippen LogP contribution is 2.12. The van der Waals surface area contributed by atoms with Crippen LogP contribution in [0.3, 0.4) is 0 Å². The number of thiocarbonyl (C=S) groups is 1. The Morgan fingerprint density at radius 2 is 2.07 bits per heavy atom. The van der Waals surface area contributed by atoms with Crippen molar-refractivity contribution in [1.29, 1.82) is 0 Å². The zero-order valence-corrected chi connectivity index (χ0v) is 8.61. The summed E-state index contributed by atoms with van der Waals surface area (Å²) < 4.78 is 0. The normalized spacial score (nSPS) is 9.87. The third-order valence-corrected chi connectivity index (χ3v) is 1.87. The lowest BCUT2D eigenvalue weighted by atomic mass is 10.3. The Hall–Kier alpha value is -1.95. The van der Waals surface area contributed by atoms with Gasteiger partial charge in [-0.3, -0.25) is 0 Å². The van der Waals surface area contributed by atoms with Crippen molar-refractivity contribution in [2.45, 2.75) is 0 Å². The zero-order chi connectivity index (χ0) is 10.7. The van der Waals surface area contributed by atoms with Gasteiger partial charge in [0.15, 0.2) is 5.11 Å². The summed E-state index contributed by atoms with van der Waals surface area (Å²) in [4.78, 5) is 1.52. The molecule has 0 aliphatic heterocycles. The second-order valence-electron chi connectivity index (χ2n) is 2.86. The first-order valence-corrected chi connectivity index (χ1v) is 4.70. The average molecular weight is 219 g/mol. The van der Waals surface area contributed by atoms with Gasteiger partial charge in [-0.25, -0.2) is 0 Å². The molecule has 3 N–H and O–H groups in total. The standard InChI is InChI=1S/C9H9N5S/c10-9(15)13-7-2-1-3-8(6-7)14-11-4-5-12-14/h1-6H,(H3,10,13,15). The van der Waals surface area contributed by atoms with Crippen molar-refractivity contribution in [2.24, 2.45) is 5.73 Å². The van der Waals surface area contributed by atoms with Crippen molar-refractivity contribution < 1.29 is 0 Å². The highest BCUT2D eigenvalue weighted by Gasteiger charge is 1.99. The molecule has 0 radical (unpaired) electrons. The molecule has 6 heteroatoms. The predicted molar refractivity (Wildman–Crippen MR) is 61.8 cm³/mol. The van der Waals surface area contributed by atoms with Crippen LogP contribution in [0.2, 0.25) is 0 Å². The van der Waals surface area contributed by atoms with Gasteiger partial charge in [-0.1, -0.05) is 6.07 Å². The average Bonchev–Trinajstić information content (AvgIpc) is 2.69. The summed E-state index contributed by atoms with van der Waals surface area (Å²) >= 11 is 4.75. The summed E-state index contributed by atoms with van der Waals surface area (Å²) in [6.45, 7) is 0. The largest absolute Gasteiger partial charge is 0.376 e. The van der Waals surface area contributed by atoms with Crippen LogP contribution < -0.4 is 11.1 Å². The number of anilines is 1. The second-order valence-corrected chi connectivity index (χ2v) is 3.30. The molecule has 1 aromatic heterocycles. The number of nitrogens with zero attached hydrogens (tertiary/aromatic N) is 3. The SMILES string of the molecule is NC(=S)Nc1cccc(-n2nccn2)c1. The minimum Gasteiger partial charge on any atom is -0.376 e. The summed E-state index contributed by atoms with van der Waals surface area (Å²) in [5.74, 6) is 0. The molecule has 0 aliphatic rings. The molecule has 5 nitrogen and oxygen atoms in total. The lowest BCUT2D eigenvalue weighted by molar-refractivity contribution is 0.752. The zero-order valence-electron chi connectivity index (χ0n) is 7.79. The van der Waals surface area contributed by atoms with Gasteiger partial charge in [0.25, 0.3) is 0 Å². The molecular formula is C9H9N5S. The predicted octanol–water partition coefficient (Wildman–Crippen LogP) is 0.923. The van der Waals surface area contributed by atoms with E-state index in [1.807, 2.05) is 24.3 Å². The maximum atomic E-state index is 5.38. The van der Waals surface area contributed by atoms with Crippen LogP contribution in [0.4, 0.5) is 5.69 Å². The van der Waals surface area contributed by atoms with E-state index in [0.29, 0.717) is 0 Å². The van der Waals surface area contributed by atoms with Gasteiger partial charge in [0.2, 0.25) is 0 Å². The Labute approximate surface area is 91.9 Å². The number of nitrogens with two attached hydrogens (primary N) is 1. The van der Waals surface area contributed by atoms with E-state index < -0.39 is 0 Å². The van der Waals surface area contributed by atoms with Gasteiger partial charge in [-0.15, -0.1) is 0 Å². The van der Waals surface area contributed by atoms with Gasteiger partial charge in [-0.2, -0.15) is 15.0 Å². The lowest BCUT2D eigenvalue weighted by Gasteiger charge is -2.05. The summed E-state index contributed by atoms with van der Waals surface area (Å²) in [6.07, 6.45) is 3.24. The number of hydrogen-bond acceptors (Lipinski definition) is 3. The van der Waals surface area contributed by atoms with Crippen LogP contribution in [-0.2, 0) is 0 Å². The fourth-order valence-corrected chi connectivity index (χ4v) is 1.32. The smallest absolute Gasteiger partial charge is 0.168 e. The first kappa shape index (κ1) is 9.60. The maximum absolute atomic E-state index is 5.38. The molecule has 0 saturated carbocycles. The fourth-order valence-electron chi connectivity index (χ4n) is 1.20. The Bertz CT molecular complexity index is 465. The van der Waals surface area contributed by atoms with E-state index in [2.05, 4.69) is 15.5 Å². The fraction of sp³-hybridized carbons (Fsp3) is 0. The minimum atomic E-state index is 0.237. The monoisotopic (exact) mass is 219 g/mol. The highest BCUT2D eigenvalue weighted by molar-refractivity contribution is 7.80. The minimum absolute atomic E-state index is 0.237. The van der Waals surface area contributed by atoms with Crippen molar-refractivity contribution in [1.82, 2.24) is 15.0 Å². The molecule has 76 valence electrons. The van der Waals surface area contributed by atoms with Gasteiger partial charge in [0.05, 0.1) is 18.1 Å². The third-order valence-electron chi connectivity index (χ3n) is 1.76. The van der Waals surface area contributed by atoms with Crippen molar-refractivity contribution in [3.63, 3.8) is 0 Å². The molecule has 0 aliphatic carbocycles. The molecule has 0 saturated heterocycles. The first-order chi connectivity index (χ1) is 7.25. The van der Waals surface area contributed by atoms with E-state index >= 15 is 0 Å². The van der Waals surface area contributed by atoms with E-state index in [4.69, 9.17) is 18.0 Å². The number of rotatable bonds is 2. The number of hydrogen-bond donors (Lipinski definition) is 2. The van der Waals surface area contributed by atoms with E-state index in [-0.39, 0.29) is 5.11 Å². The van der Waals surface area contributed by atoms with Gasteiger partial charge in [0.1, 0.15) is 0 Å². The highest BCUT2D eigenvalue weighted by atomic mass is 32.1. The third kappa shape index (κ3) is 2.29. The van der Waals surface area contributed by atoms with Crippen LogP contribution >= 0.6 is 12.2 Å². The Morgan fingerprint density at radius 3 is 2.73 bits per heavy atom.